The van der Waals surface area contributed by atoms with Gasteiger partial charge in [0.15, 0.2) is 6.61 Å². The van der Waals surface area contributed by atoms with Crippen LogP contribution < -0.4 is 4.74 Å². The second kappa shape index (κ2) is 10.9. The van der Waals surface area contributed by atoms with Crippen LogP contribution in [0, 0.1) is 6.92 Å². The summed E-state index contributed by atoms with van der Waals surface area (Å²) in [5.74, 6) is 0.0580. The maximum Gasteiger partial charge on any atom is 0.341 e. The third kappa shape index (κ3) is 6.64. The van der Waals surface area contributed by atoms with Gasteiger partial charge in [0.2, 0.25) is 10.0 Å². The topological polar surface area (TPSA) is 83.9 Å². The smallest absolute Gasteiger partial charge is 0.341 e. The van der Waals surface area contributed by atoms with Crippen molar-refractivity contribution in [3.05, 3.63) is 53.1 Å². The predicted molar refractivity (Wildman–Crippen MR) is 116 cm³/mol. The first kappa shape index (κ1) is 23.5. The number of sulfonamides is 1. The quantitative estimate of drug-likeness (QED) is 0.506. The Morgan fingerprint density at radius 1 is 1.21 bits per heavy atom. The SMILES string of the molecule is CCCN(CCSc1ccc(OCC(=O)O)c(C)c1)S(=O)(=O)c1ccccc1Cl. The Morgan fingerprint density at radius 2 is 1.93 bits per heavy atom. The number of nitrogens with zero attached hydrogens (tertiary/aromatic N) is 1. The first-order valence-corrected chi connectivity index (χ1v) is 11.9. The maximum absolute atomic E-state index is 13.0. The number of hydrogen-bond acceptors (Lipinski definition) is 5. The van der Waals surface area contributed by atoms with Crippen LogP contribution >= 0.6 is 23.4 Å². The van der Waals surface area contributed by atoms with Gasteiger partial charge in [-0.05, 0) is 49.2 Å². The van der Waals surface area contributed by atoms with Gasteiger partial charge < -0.3 is 9.84 Å². The van der Waals surface area contributed by atoms with Crippen molar-refractivity contribution >= 4 is 39.4 Å². The summed E-state index contributed by atoms with van der Waals surface area (Å²) in [5.41, 5.74) is 0.824. The van der Waals surface area contributed by atoms with Crippen molar-refractivity contribution in [1.29, 1.82) is 0 Å². The fraction of sp³-hybridized carbons (Fsp3) is 0.350. The van der Waals surface area contributed by atoms with Crippen LogP contribution in [0.4, 0.5) is 0 Å². The number of thioether (sulfide) groups is 1. The van der Waals surface area contributed by atoms with E-state index in [0.29, 0.717) is 31.0 Å². The van der Waals surface area contributed by atoms with E-state index in [1.807, 2.05) is 26.0 Å². The molecule has 0 aliphatic rings. The van der Waals surface area contributed by atoms with Crippen LogP contribution in [0.1, 0.15) is 18.9 Å². The number of carbonyl (C=O) groups is 1. The Bertz CT molecular complexity index is 950. The number of aryl methyl sites for hydroxylation is 1. The van der Waals surface area contributed by atoms with Gasteiger partial charge in [-0.3, -0.25) is 0 Å². The average Bonchev–Trinajstić information content (AvgIpc) is 2.66. The van der Waals surface area contributed by atoms with Gasteiger partial charge in [-0.25, -0.2) is 13.2 Å². The molecule has 0 saturated heterocycles. The molecule has 9 heteroatoms. The molecule has 29 heavy (non-hydrogen) atoms. The first-order chi connectivity index (χ1) is 13.8. The summed E-state index contributed by atoms with van der Waals surface area (Å²) in [5, 5.41) is 8.92. The molecule has 0 aliphatic carbocycles. The minimum atomic E-state index is -3.67. The third-order valence-electron chi connectivity index (χ3n) is 4.03. The number of carboxylic acid groups (broad SMARTS) is 1. The number of hydrogen-bond donors (Lipinski definition) is 1. The van der Waals surface area contributed by atoms with Gasteiger partial charge in [-0.2, -0.15) is 4.31 Å². The molecule has 2 aromatic rings. The normalized spacial score (nSPS) is 11.6. The Kier molecular flexibility index (Phi) is 8.82. The second-order valence-electron chi connectivity index (χ2n) is 6.29. The number of benzene rings is 2. The summed E-state index contributed by atoms with van der Waals surface area (Å²) in [7, 11) is -3.67. The van der Waals surface area contributed by atoms with E-state index in [-0.39, 0.29) is 16.5 Å². The lowest BCUT2D eigenvalue weighted by Crippen LogP contribution is -2.34. The van der Waals surface area contributed by atoms with Crippen LogP contribution in [0.15, 0.2) is 52.3 Å². The minimum Gasteiger partial charge on any atom is -0.482 e. The van der Waals surface area contributed by atoms with Crippen LogP contribution in [-0.4, -0.2) is 49.2 Å². The van der Waals surface area contributed by atoms with Crippen LogP contribution in [0.25, 0.3) is 0 Å². The zero-order chi connectivity index (χ0) is 21.4. The molecule has 2 rings (SSSR count). The van der Waals surface area contributed by atoms with E-state index in [1.165, 1.54) is 22.1 Å². The highest BCUT2D eigenvalue weighted by atomic mass is 35.5. The standard InChI is InChI=1S/C20H24ClNO5S2/c1-3-10-22(29(25,26)19-7-5-4-6-17(19)21)11-12-28-16-8-9-18(15(2)13-16)27-14-20(23)24/h4-9,13H,3,10-12,14H2,1-2H3,(H,23,24). The highest BCUT2D eigenvalue weighted by molar-refractivity contribution is 7.99. The molecule has 0 bridgehead atoms. The van der Waals surface area contributed by atoms with E-state index < -0.39 is 16.0 Å². The largest absolute Gasteiger partial charge is 0.482 e. The van der Waals surface area contributed by atoms with Crippen molar-refractivity contribution in [3.8, 4) is 5.75 Å². The lowest BCUT2D eigenvalue weighted by atomic mass is 10.2. The van der Waals surface area contributed by atoms with Crippen molar-refractivity contribution in [2.45, 2.75) is 30.1 Å². The van der Waals surface area contributed by atoms with Gasteiger partial charge in [0.25, 0.3) is 0 Å². The fourth-order valence-electron chi connectivity index (χ4n) is 2.67. The molecular weight excluding hydrogens is 434 g/mol. The van der Waals surface area contributed by atoms with Crippen molar-refractivity contribution in [2.24, 2.45) is 0 Å². The van der Waals surface area contributed by atoms with Crippen molar-refractivity contribution in [1.82, 2.24) is 4.31 Å². The van der Waals surface area contributed by atoms with Crippen LogP contribution in [0.5, 0.6) is 5.75 Å². The van der Waals surface area contributed by atoms with E-state index in [4.69, 9.17) is 21.4 Å². The summed E-state index contributed by atoms with van der Waals surface area (Å²) >= 11 is 7.63. The number of ether oxygens (including phenoxy) is 1. The van der Waals surface area contributed by atoms with Gasteiger partial charge in [-0.15, -0.1) is 11.8 Å². The zero-order valence-electron chi connectivity index (χ0n) is 16.3. The molecule has 0 aromatic heterocycles. The molecule has 0 unspecified atom stereocenters. The van der Waals surface area contributed by atoms with Crippen molar-refractivity contribution in [2.75, 3.05) is 25.4 Å². The summed E-state index contributed by atoms with van der Waals surface area (Å²) < 4.78 is 32.6. The molecular formula is C20H24ClNO5S2. The first-order valence-electron chi connectivity index (χ1n) is 9.08. The van der Waals surface area contributed by atoms with Crippen molar-refractivity contribution < 1.29 is 23.1 Å². The van der Waals surface area contributed by atoms with Gasteiger partial charge in [0.1, 0.15) is 10.6 Å². The fourth-order valence-corrected chi connectivity index (χ4v) is 5.79. The highest BCUT2D eigenvalue weighted by Crippen LogP contribution is 2.28. The van der Waals surface area contributed by atoms with Gasteiger partial charge in [0, 0.05) is 23.7 Å². The summed E-state index contributed by atoms with van der Waals surface area (Å²) in [4.78, 5) is 11.7. The Balaban J connectivity index is 2.03. The maximum atomic E-state index is 13.0. The Labute approximate surface area is 180 Å². The van der Waals surface area contributed by atoms with Crippen LogP contribution in [-0.2, 0) is 14.8 Å². The van der Waals surface area contributed by atoms with Gasteiger partial charge in [-0.1, -0.05) is 30.7 Å². The Morgan fingerprint density at radius 3 is 2.55 bits per heavy atom. The third-order valence-corrected chi connectivity index (χ3v) is 7.41. The summed E-state index contributed by atoms with van der Waals surface area (Å²) in [6, 6.07) is 11.9. The van der Waals surface area contributed by atoms with E-state index in [2.05, 4.69) is 0 Å². The molecule has 0 spiro atoms. The van der Waals surface area contributed by atoms with Crippen molar-refractivity contribution in [3.63, 3.8) is 0 Å². The lowest BCUT2D eigenvalue weighted by molar-refractivity contribution is -0.139. The number of carboxylic acids is 1. The lowest BCUT2D eigenvalue weighted by Gasteiger charge is -2.22. The van der Waals surface area contributed by atoms with Crippen LogP contribution in [0.2, 0.25) is 5.02 Å². The number of halogens is 1. The van der Waals surface area contributed by atoms with E-state index in [9.17, 15) is 13.2 Å². The van der Waals surface area contributed by atoms with E-state index >= 15 is 0 Å². The number of rotatable bonds is 11. The second-order valence-corrected chi connectivity index (χ2v) is 9.77. The molecule has 0 amide bonds. The molecule has 158 valence electrons. The zero-order valence-corrected chi connectivity index (χ0v) is 18.7. The molecule has 0 heterocycles. The summed E-state index contributed by atoms with van der Waals surface area (Å²) in [6.45, 7) is 4.14. The van der Waals surface area contributed by atoms with E-state index in [0.717, 1.165) is 10.5 Å². The van der Waals surface area contributed by atoms with Crippen LogP contribution in [0.3, 0.4) is 0 Å². The average molecular weight is 458 g/mol. The molecule has 6 nitrogen and oxygen atoms in total. The molecule has 0 radical (unpaired) electrons. The molecule has 0 aliphatic heterocycles. The molecule has 0 atom stereocenters. The highest BCUT2D eigenvalue weighted by Gasteiger charge is 2.25. The molecule has 0 saturated carbocycles. The molecule has 0 fully saturated rings. The number of aliphatic carboxylic acids is 1. The Hall–Kier alpha value is -1.74. The molecule has 1 N–H and O–H groups in total. The van der Waals surface area contributed by atoms with E-state index in [1.54, 1.807) is 24.3 Å². The molecule has 2 aromatic carbocycles. The monoisotopic (exact) mass is 457 g/mol. The van der Waals surface area contributed by atoms with Gasteiger partial charge in [0.05, 0.1) is 5.02 Å². The minimum absolute atomic E-state index is 0.121. The van der Waals surface area contributed by atoms with Gasteiger partial charge >= 0.3 is 5.97 Å². The predicted octanol–water partition coefficient (Wildman–Crippen LogP) is 4.30. The summed E-state index contributed by atoms with van der Waals surface area (Å²) in [6.07, 6.45) is 0.697.